The average Bonchev–Trinajstić information content (AvgIpc) is 2.93. The molecule has 0 spiro atoms. The quantitative estimate of drug-likeness (QED) is 0.840. The average molecular weight is 366 g/mol. The van der Waals surface area contributed by atoms with E-state index in [1.165, 1.54) is 5.56 Å². The zero-order chi connectivity index (χ0) is 17.9. The largest absolute Gasteiger partial charge is 0.376 e. The second-order valence-corrected chi connectivity index (χ2v) is 9.28. The molecule has 2 atom stereocenters. The van der Waals surface area contributed by atoms with Crippen LogP contribution in [0.3, 0.4) is 0 Å². The first-order valence-corrected chi connectivity index (χ1v) is 10.6. The van der Waals surface area contributed by atoms with Crippen molar-refractivity contribution in [1.29, 1.82) is 0 Å². The van der Waals surface area contributed by atoms with Gasteiger partial charge in [-0.1, -0.05) is 24.3 Å². The molecule has 2 unspecified atom stereocenters. The fraction of sp³-hybridized carbons (Fsp3) is 0.611. The Morgan fingerprint density at radius 1 is 1.36 bits per heavy atom. The summed E-state index contributed by atoms with van der Waals surface area (Å²) < 4.78 is 28.5. The summed E-state index contributed by atoms with van der Waals surface area (Å²) >= 11 is 0. The van der Waals surface area contributed by atoms with Gasteiger partial charge < -0.3 is 10.1 Å². The fourth-order valence-electron chi connectivity index (χ4n) is 3.47. The second-order valence-electron chi connectivity index (χ2n) is 7.05. The molecule has 1 aromatic carbocycles. The molecule has 0 aromatic heterocycles. The van der Waals surface area contributed by atoms with Crippen LogP contribution in [0.4, 0.5) is 0 Å². The third-order valence-electron chi connectivity index (χ3n) is 4.79. The maximum Gasteiger partial charge on any atom is 0.224 e. The molecule has 0 radical (unpaired) electrons. The van der Waals surface area contributed by atoms with Crippen LogP contribution < -0.4 is 5.32 Å². The number of ether oxygens (including phenoxy) is 1. The highest BCUT2D eigenvalue weighted by Crippen LogP contribution is 2.18. The first kappa shape index (κ1) is 18.4. The number of carbonyl (C=O) groups is 1. The molecule has 7 heteroatoms. The molecule has 2 heterocycles. The minimum absolute atomic E-state index is 0.0198. The van der Waals surface area contributed by atoms with Gasteiger partial charge in [-0.25, -0.2) is 8.42 Å². The highest BCUT2D eigenvalue weighted by molar-refractivity contribution is 7.91. The summed E-state index contributed by atoms with van der Waals surface area (Å²) in [5.74, 6) is -0.455. The highest BCUT2D eigenvalue weighted by atomic mass is 32.2. The van der Waals surface area contributed by atoms with Crippen molar-refractivity contribution in [2.45, 2.75) is 32.5 Å². The topological polar surface area (TPSA) is 75.7 Å². The van der Waals surface area contributed by atoms with E-state index in [-0.39, 0.29) is 23.5 Å². The second kappa shape index (κ2) is 7.85. The molecule has 0 bridgehead atoms. The van der Waals surface area contributed by atoms with Crippen molar-refractivity contribution < 1.29 is 17.9 Å². The zero-order valence-corrected chi connectivity index (χ0v) is 15.4. The Balaban J connectivity index is 1.52. The van der Waals surface area contributed by atoms with E-state index < -0.39 is 15.8 Å². The number of nitrogens with zero attached hydrogens (tertiary/aromatic N) is 1. The Bertz CT molecular complexity index is 720. The van der Waals surface area contributed by atoms with Crippen LogP contribution >= 0.6 is 0 Å². The van der Waals surface area contributed by atoms with Gasteiger partial charge in [0, 0.05) is 26.2 Å². The molecule has 2 saturated heterocycles. The molecule has 2 aliphatic rings. The maximum atomic E-state index is 12.1. The number of sulfone groups is 1. The van der Waals surface area contributed by atoms with Gasteiger partial charge in [0.25, 0.3) is 0 Å². The van der Waals surface area contributed by atoms with Crippen LogP contribution in [0.25, 0.3) is 0 Å². The lowest BCUT2D eigenvalue weighted by Gasteiger charge is -2.31. The van der Waals surface area contributed by atoms with Crippen LogP contribution in [0.2, 0.25) is 0 Å². The molecule has 0 saturated carbocycles. The zero-order valence-electron chi connectivity index (χ0n) is 14.6. The number of hydrogen-bond donors (Lipinski definition) is 1. The number of carbonyl (C=O) groups excluding carboxylic acids is 1. The molecule has 2 aliphatic heterocycles. The van der Waals surface area contributed by atoms with Crippen molar-refractivity contribution in [2.24, 2.45) is 5.92 Å². The highest BCUT2D eigenvalue weighted by Gasteiger charge is 2.32. The third kappa shape index (κ3) is 5.26. The van der Waals surface area contributed by atoms with Crippen LogP contribution in [0.1, 0.15) is 24.5 Å². The lowest BCUT2D eigenvalue weighted by Crippen LogP contribution is -2.40. The molecule has 3 rings (SSSR count). The van der Waals surface area contributed by atoms with Gasteiger partial charge in [-0.3, -0.25) is 9.69 Å². The molecule has 0 aliphatic carbocycles. The summed E-state index contributed by atoms with van der Waals surface area (Å²) in [6.07, 6.45) is 0.697. The monoisotopic (exact) mass is 366 g/mol. The third-order valence-corrected chi connectivity index (χ3v) is 6.56. The SMILES string of the molecule is CC1CN(Cc2cccc(CNC(=O)C3CCS(=O)(=O)C3)c2)CCO1. The normalized spacial score (nSPS) is 26.4. The number of benzene rings is 1. The summed E-state index contributed by atoms with van der Waals surface area (Å²) in [7, 11) is -3.03. The van der Waals surface area contributed by atoms with Crippen LogP contribution in [0.5, 0.6) is 0 Å². The predicted molar refractivity (Wildman–Crippen MR) is 95.7 cm³/mol. The van der Waals surface area contributed by atoms with Gasteiger partial charge in [0.1, 0.15) is 0 Å². The Morgan fingerprint density at radius 2 is 2.16 bits per heavy atom. The van der Waals surface area contributed by atoms with Gasteiger partial charge in [-0.15, -0.1) is 0 Å². The van der Waals surface area contributed by atoms with E-state index >= 15 is 0 Å². The minimum Gasteiger partial charge on any atom is -0.376 e. The molecule has 1 N–H and O–H groups in total. The van der Waals surface area contributed by atoms with E-state index in [9.17, 15) is 13.2 Å². The molecule has 25 heavy (non-hydrogen) atoms. The standard InChI is InChI=1S/C18H26N2O4S/c1-14-11-20(6-7-24-14)12-16-4-2-3-15(9-16)10-19-18(21)17-5-8-25(22,23)13-17/h2-4,9,14,17H,5-8,10-13H2,1H3,(H,19,21). The van der Waals surface area contributed by atoms with Crippen molar-refractivity contribution in [3.05, 3.63) is 35.4 Å². The number of nitrogens with one attached hydrogen (secondary N) is 1. The Morgan fingerprint density at radius 3 is 2.88 bits per heavy atom. The van der Waals surface area contributed by atoms with Crippen molar-refractivity contribution >= 4 is 15.7 Å². The van der Waals surface area contributed by atoms with Crippen molar-refractivity contribution in [3.8, 4) is 0 Å². The van der Waals surface area contributed by atoms with E-state index in [1.54, 1.807) is 0 Å². The van der Waals surface area contributed by atoms with Gasteiger partial charge in [-0.2, -0.15) is 0 Å². The Labute approximate surface area is 149 Å². The van der Waals surface area contributed by atoms with Crippen LogP contribution in [0.15, 0.2) is 24.3 Å². The van der Waals surface area contributed by atoms with E-state index in [0.717, 1.165) is 31.8 Å². The molecule has 1 amide bonds. The number of amides is 1. The van der Waals surface area contributed by atoms with Gasteiger partial charge >= 0.3 is 0 Å². The molecule has 138 valence electrons. The molecular formula is C18H26N2O4S. The summed E-state index contributed by atoms with van der Waals surface area (Å²) in [5.41, 5.74) is 2.25. The van der Waals surface area contributed by atoms with E-state index in [4.69, 9.17) is 4.74 Å². The van der Waals surface area contributed by atoms with Crippen molar-refractivity contribution in [3.63, 3.8) is 0 Å². The van der Waals surface area contributed by atoms with Gasteiger partial charge in [0.05, 0.1) is 30.1 Å². The van der Waals surface area contributed by atoms with Crippen molar-refractivity contribution in [2.75, 3.05) is 31.2 Å². The van der Waals surface area contributed by atoms with Gasteiger partial charge in [0.2, 0.25) is 5.91 Å². The predicted octanol–water partition coefficient (Wildman–Crippen LogP) is 0.958. The summed E-state index contributed by atoms with van der Waals surface area (Å²) in [5, 5.41) is 2.88. The number of rotatable bonds is 5. The molecule has 2 fully saturated rings. The number of morpholine rings is 1. The van der Waals surface area contributed by atoms with Crippen LogP contribution in [-0.4, -0.2) is 56.5 Å². The lowest BCUT2D eigenvalue weighted by molar-refractivity contribution is -0.124. The molecule has 6 nitrogen and oxygen atoms in total. The van der Waals surface area contributed by atoms with E-state index in [1.807, 2.05) is 12.1 Å². The molecule has 1 aromatic rings. The van der Waals surface area contributed by atoms with Crippen LogP contribution in [0, 0.1) is 5.92 Å². The number of hydrogen-bond acceptors (Lipinski definition) is 5. The van der Waals surface area contributed by atoms with Gasteiger partial charge in [-0.05, 0) is 24.5 Å². The van der Waals surface area contributed by atoms with E-state index in [2.05, 4.69) is 29.3 Å². The Kier molecular flexibility index (Phi) is 5.76. The molecular weight excluding hydrogens is 340 g/mol. The lowest BCUT2D eigenvalue weighted by atomic mass is 10.1. The maximum absolute atomic E-state index is 12.1. The summed E-state index contributed by atoms with van der Waals surface area (Å²) in [6, 6.07) is 8.18. The minimum atomic E-state index is -3.03. The Hall–Kier alpha value is -1.44. The summed E-state index contributed by atoms with van der Waals surface area (Å²) in [4.78, 5) is 14.5. The van der Waals surface area contributed by atoms with Crippen LogP contribution in [-0.2, 0) is 32.5 Å². The van der Waals surface area contributed by atoms with E-state index in [0.29, 0.717) is 13.0 Å². The van der Waals surface area contributed by atoms with Gasteiger partial charge in [0.15, 0.2) is 9.84 Å². The first-order valence-electron chi connectivity index (χ1n) is 8.81. The van der Waals surface area contributed by atoms with Crippen molar-refractivity contribution in [1.82, 2.24) is 10.2 Å². The smallest absolute Gasteiger partial charge is 0.224 e. The first-order chi connectivity index (χ1) is 11.9. The fourth-order valence-corrected chi connectivity index (χ4v) is 5.21. The summed E-state index contributed by atoms with van der Waals surface area (Å²) in [6.45, 7) is 6.01.